The van der Waals surface area contributed by atoms with Gasteiger partial charge in [-0.3, -0.25) is 14.4 Å². The minimum Gasteiger partial charge on any atom is -0.497 e. The van der Waals surface area contributed by atoms with E-state index in [9.17, 15) is 14.4 Å². The number of carbonyl (C=O) groups excluding carboxylic acids is 3. The standard InChI is InChI=1S/C26H26N4O7/c1-34-19-12-13-23(36-3)21(14-19)29-25(32)26(33)30-27-15-17-8-10-18(11-9-17)37-16-24(31)28-20-6-4-5-7-22(20)35-2/h4-15H,16H2,1-3H3,(H,28,31)(H,29,32)(H,30,33)/b27-15-. The zero-order chi connectivity index (χ0) is 26.6. The number of amides is 3. The average molecular weight is 507 g/mol. The first kappa shape index (κ1) is 26.5. The van der Waals surface area contributed by atoms with Crippen LogP contribution >= 0.6 is 0 Å². The Morgan fingerprint density at radius 2 is 1.43 bits per heavy atom. The van der Waals surface area contributed by atoms with Crippen LogP contribution in [0.5, 0.6) is 23.0 Å². The molecule has 0 radical (unpaired) electrons. The van der Waals surface area contributed by atoms with Crippen LogP contribution in [0.2, 0.25) is 0 Å². The summed E-state index contributed by atoms with van der Waals surface area (Å²) >= 11 is 0. The molecular formula is C26H26N4O7. The van der Waals surface area contributed by atoms with Crippen LogP contribution in [0.15, 0.2) is 71.8 Å². The van der Waals surface area contributed by atoms with Crippen LogP contribution in [0.1, 0.15) is 5.56 Å². The van der Waals surface area contributed by atoms with E-state index in [1.54, 1.807) is 60.7 Å². The molecule has 11 nitrogen and oxygen atoms in total. The molecule has 3 aromatic rings. The molecule has 11 heteroatoms. The lowest BCUT2D eigenvalue weighted by molar-refractivity contribution is -0.136. The Bertz CT molecular complexity index is 1280. The topological polar surface area (TPSA) is 137 Å². The SMILES string of the molecule is COc1ccc(OC)c(NC(=O)C(=O)N/N=C\c2ccc(OCC(=O)Nc3ccccc3OC)cc2)c1. The van der Waals surface area contributed by atoms with Gasteiger partial charge in [0.2, 0.25) is 0 Å². The highest BCUT2D eigenvalue weighted by Gasteiger charge is 2.16. The minimum atomic E-state index is -0.970. The molecule has 0 heterocycles. The van der Waals surface area contributed by atoms with Crippen molar-refractivity contribution in [2.24, 2.45) is 5.10 Å². The van der Waals surface area contributed by atoms with Crippen LogP contribution in [0.3, 0.4) is 0 Å². The molecule has 37 heavy (non-hydrogen) atoms. The van der Waals surface area contributed by atoms with Crippen LogP contribution in [-0.4, -0.2) is 51.9 Å². The summed E-state index contributed by atoms with van der Waals surface area (Å²) in [5.41, 5.74) is 3.60. The number of nitrogens with zero attached hydrogens (tertiary/aromatic N) is 1. The summed E-state index contributed by atoms with van der Waals surface area (Å²) in [6.07, 6.45) is 1.36. The van der Waals surface area contributed by atoms with Crippen LogP contribution in [-0.2, 0) is 14.4 Å². The van der Waals surface area contributed by atoms with Gasteiger partial charge in [0.05, 0.1) is 38.9 Å². The number of rotatable bonds is 10. The Kier molecular flexibility index (Phi) is 9.43. The number of anilines is 2. The van der Waals surface area contributed by atoms with Gasteiger partial charge in [-0.15, -0.1) is 0 Å². The maximum absolute atomic E-state index is 12.2. The first-order chi connectivity index (χ1) is 17.9. The smallest absolute Gasteiger partial charge is 0.329 e. The summed E-state index contributed by atoms with van der Waals surface area (Å²) in [6.45, 7) is -0.200. The number of hydrogen-bond donors (Lipinski definition) is 3. The minimum absolute atomic E-state index is 0.200. The van der Waals surface area contributed by atoms with Gasteiger partial charge >= 0.3 is 11.8 Å². The Morgan fingerprint density at radius 1 is 0.757 bits per heavy atom. The highest BCUT2D eigenvalue weighted by Crippen LogP contribution is 2.28. The van der Waals surface area contributed by atoms with Crippen molar-refractivity contribution in [1.29, 1.82) is 0 Å². The number of ether oxygens (including phenoxy) is 4. The molecule has 0 aliphatic carbocycles. The quantitative estimate of drug-likeness (QED) is 0.218. The predicted molar refractivity (Wildman–Crippen MR) is 137 cm³/mol. The van der Waals surface area contributed by atoms with Crippen molar-refractivity contribution in [2.75, 3.05) is 38.6 Å². The van der Waals surface area contributed by atoms with E-state index >= 15 is 0 Å². The summed E-state index contributed by atoms with van der Waals surface area (Å²) in [5.74, 6) is -0.389. The molecule has 0 atom stereocenters. The van der Waals surface area contributed by atoms with Crippen LogP contribution in [0.4, 0.5) is 11.4 Å². The molecule has 0 aliphatic heterocycles. The van der Waals surface area contributed by atoms with E-state index in [-0.39, 0.29) is 18.2 Å². The van der Waals surface area contributed by atoms with Gasteiger partial charge in [-0.2, -0.15) is 5.10 Å². The number of benzene rings is 3. The molecule has 3 aromatic carbocycles. The van der Waals surface area contributed by atoms with Crippen molar-refractivity contribution >= 4 is 35.3 Å². The zero-order valence-corrected chi connectivity index (χ0v) is 20.4. The number of carbonyl (C=O) groups is 3. The molecule has 0 unspecified atom stereocenters. The van der Waals surface area contributed by atoms with E-state index in [0.717, 1.165) is 0 Å². The van der Waals surface area contributed by atoms with Crippen molar-refractivity contribution in [1.82, 2.24) is 5.43 Å². The lowest BCUT2D eigenvalue weighted by Crippen LogP contribution is -2.32. The molecule has 3 N–H and O–H groups in total. The third kappa shape index (κ3) is 7.72. The van der Waals surface area contributed by atoms with Crippen LogP contribution in [0.25, 0.3) is 0 Å². The van der Waals surface area contributed by atoms with Crippen molar-refractivity contribution in [3.8, 4) is 23.0 Å². The Balaban J connectivity index is 1.47. The molecule has 3 rings (SSSR count). The molecule has 0 saturated heterocycles. The van der Waals surface area contributed by atoms with Gasteiger partial charge in [-0.25, -0.2) is 5.43 Å². The molecule has 0 spiro atoms. The number of nitrogens with one attached hydrogen (secondary N) is 3. The highest BCUT2D eigenvalue weighted by atomic mass is 16.5. The average Bonchev–Trinajstić information content (AvgIpc) is 2.92. The zero-order valence-electron chi connectivity index (χ0n) is 20.4. The summed E-state index contributed by atoms with van der Waals surface area (Å²) in [7, 11) is 4.44. The van der Waals surface area contributed by atoms with Gasteiger partial charge in [0, 0.05) is 6.07 Å². The lowest BCUT2D eigenvalue weighted by Gasteiger charge is -2.11. The van der Waals surface area contributed by atoms with Crippen molar-refractivity contribution in [2.45, 2.75) is 0 Å². The van der Waals surface area contributed by atoms with E-state index in [1.165, 1.54) is 33.6 Å². The molecule has 0 saturated carbocycles. The molecule has 3 amide bonds. The summed E-state index contributed by atoms with van der Waals surface area (Å²) < 4.78 is 21.0. The second-order valence-corrected chi connectivity index (χ2v) is 7.33. The Labute approximate surface area is 213 Å². The third-order valence-electron chi connectivity index (χ3n) is 4.87. The monoisotopic (exact) mass is 506 g/mol. The first-order valence-corrected chi connectivity index (χ1v) is 11.0. The fraction of sp³-hybridized carbons (Fsp3) is 0.154. The molecule has 0 bridgehead atoms. The maximum atomic E-state index is 12.2. The second-order valence-electron chi connectivity index (χ2n) is 7.33. The van der Waals surface area contributed by atoms with E-state index in [1.807, 2.05) is 0 Å². The van der Waals surface area contributed by atoms with Gasteiger partial charge in [-0.05, 0) is 54.1 Å². The third-order valence-corrected chi connectivity index (χ3v) is 4.87. The Morgan fingerprint density at radius 3 is 2.14 bits per heavy atom. The van der Waals surface area contributed by atoms with E-state index in [4.69, 9.17) is 18.9 Å². The predicted octanol–water partition coefficient (Wildman–Crippen LogP) is 2.82. The fourth-order valence-electron chi connectivity index (χ4n) is 3.04. The summed E-state index contributed by atoms with van der Waals surface area (Å²) in [6, 6.07) is 18.5. The van der Waals surface area contributed by atoms with Crippen LogP contribution in [0, 0.1) is 0 Å². The van der Waals surface area contributed by atoms with Crippen molar-refractivity contribution in [3.63, 3.8) is 0 Å². The molecule has 0 aromatic heterocycles. The number of hydrazone groups is 1. The summed E-state index contributed by atoms with van der Waals surface area (Å²) in [5, 5.41) is 8.96. The van der Waals surface area contributed by atoms with E-state index < -0.39 is 11.8 Å². The highest BCUT2D eigenvalue weighted by molar-refractivity contribution is 6.39. The van der Waals surface area contributed by atoms with Crippen molar-refractivity contribution < 1.29 is 33.3 Å². The fourth-order valence-corrected chi connectivity index (χ4v) is 3.04. The van der Waals surface area contributed by atoms with Gasteiger partial charge < -0.3 is 29.6 Å². The number of para-hydroxylation sites is 2. The number of hydrogen-bond acceptors (Lipinski definition) is 8. The molecule has 0 aliphatic rings. The van der Waals surface area contributed by atoms with Crippen molar-refractivity contribution in [3.05, 3.63) is 72.3 Å². The lowest BCUT2D eigenvalue weighted by atomic mass is 10.2. The van der Waals surface area contributed by atoms with Gasteiger partial charge in [0.15, 0.2) is 6.61 Å². The van der Waals surface area contributed by atoms with Gasteiger partial charge in [0.1, 0.15) is 23.0 Å². The number of methoxy groups -OCH3 is 3. The van der Waals surface area contributed by atoms with Crippen LogP contribution < -0.4 is 35.0 Å². The second kappa shape index (κ2) is 13.1. The van der Waals surface area contributed by atoms with Gasteiger partial charge in [-0.1, -0.05) is 12.1 Å². The normalized spacial score (nSPS) is 10.4. The molecule has 192 valence electrons. The molecular weight excluding hydrogens is 480 g/mol. The summed E-state index contributed by atoms with van der Waals surface area (Å²) in [4.78, 5) is 36.5. The maximum Gasteiger partial charge on any atom is 0.329 e. The van der Waals surface area contributed by atoms with E-state index in [0.29, 0.717) is 34.2 Å². The Hall–Kier alpha value is -5.06. The van der Waals surface area contributed by atoms with Gasteiger partial charge in [0.25, 0.3) is 5.91 Å². The molecule has 0 fully saturated rings. The van der Waals surface area contributed by atoms with E-state index in [2.05, 4.69) is 21.2 Å². The largest absolute Gasteiger partial charge is 0.497 e. The first-order valence-electron chi connectivity index (χ1n) is 11.0.